The van der Waals surface area contributed by atoms with Gasteiger partial charge in [0, 0.05) is 37.1 Å². The zero-order valence-corrected chi connectivity index (χ0v) is 16.9. The van der Waals surface area contributed by atoms with Crippen molar-refractivity contribution in [3.05, 3.63) is 90.5 Å². The summed E-state index contributed by atoms with van der Waals surface area (Å²) >= 11 is 0. The number of sulfonamides is 1. The average Bonchev–Trinajstić information content (AvgIpc) is 2.74. The second-order valence-corrected chi connectivity index (χ2v) is 8.19. The molecule has 0 atom stereocenters. The summed E-state index contributed by atoms with van der Waals surface area (Å²) in [4.78, 5) is 14.5. The van der Waals surface area contributed by atoms with E-state index in [2.05, 4.69) is 10.0 Å². The minimum atomic E-state index is -3.78. The Morgan fingerprint density at radius 2 is 1.55 bits per heavy atom. The van der Waals surface area contributed by atoms with Crippen LogP contribution in [-0.2, 0) is 10.0 Å². The zero-order valence-electron chi connectivity index (χ0n) is 16.1. The molecule has 0 aliphatic rings. The van der Waals surface area contributed by atoms with Crippen molar-refractivity contribution in [1.82, 2.24) is 5.32 Å². The summed E-state index contributed by atoms with van der Waals surface area (Å²) in [5.74, 6) is -0.316. The van der Waals surface area contributed by atoms with E-state index >= 15 is 0 Å². The number of hydrogen-bond donors (Lipinski definition) is 2. The number of likely N-dealkylation sites (N-methyl/N-ethyl adjacent to an activating group) is 1. The van der Waals surface area contributed by atoms with E-state index in [0.717, 1.165) is 5.69 Å². The van der Waals surface area contributed by atoms with Crippen LogP contribution in [0.4, 0.5) is 11.4 Å². The monoisotopic (exact) mass is 409 g/mol. The van der Waals surface area contributed by atoms with E-state index in [1.807, 2.05) is 42.3 Å². The van der Waals surface area contributed by atoms with Gasteiger partial charge in [-0.05, 0) is 42.5 Å². The van der Waals surface area contributed by atoms with E-state index in [4.69, 9.17) is 0 Å². The molecule has 0 aliphatic heterocycles. The molecule has 2 N–H and O–H groups in total. The molecule has 1 amide bonds. The number of carbonyl (C=O) groups is 1. The van der Waals surface area contributed by atoms with Gasteiger partial charge >= 0.3 is 0 Å². The number of anilines is 2. The van der Waals surface area contributed by atoms with Gasteiger partial charge in [-0.3, -0.25) is 9.52 Å². The highest BCUT2D eigenvalue weighted by Crippen LogP contribution is 2.17. The molecule has 29 heavy (non-hydrogen) atoms. The Bertz CT molecular complexity index is 1050. The van der Waals surface area contributed by atoms with E-state index in [1.54, 1.807) is 42.5 Å². The fraction of sp³-hybridized carbons (Fsp3) is 0.136. The van der Waals surface area contributed by atoms with Crippen molar-refractivity contribution in [1.29, 1.82) is 0 Å². The first-order chi connectivity index (χ1) is 14.0. The molecule has 0 aromatic heterocycles. The molecule has 0 saturated carbocycles. The number of amides is 1. The van der Waals surface area contributed by atoms with Crippen LogP contribution >= 0.6 is 0 Å². The summed E-state index contributed by atoms with van der Waals surface area (Å²) in [6, 6.07) is 24.5. The Hall–Kier alpha value is -3.32. The summed E-state index contributed by atoms with van der Waals surface area (Å²) in [6.45, 7) is 1.06. The van der Waals surface area contributed by atoms with Crippen molar-refractivity contribution >= 4 is 27.3 Å². The van der Waals surface area contributed by atoms with Crippen LogP contribution < -0.4 is 14.9 Å². The van der Waals surface area contributed by atoms with Gasteiger partial charge in [-0.1, -0.05) is 42.5 Å². The molecule has 0 saturated heterocycles. The standard InChI is InChI=1S/C22H23N3O3S/c1-25(20-12-6-3-7-13-20)16-15-23-22(26)18-9-8-14-21(17-18)29(27,28)24-19-10-4-2-5-11-19/h2-14,17,24H,15-16H2,1H3,(H,23,26). The molecule has 6 nitrogen and oxygen atoms in total. The minimum absolute atomic E-state index is 0.0374. The second-order valence-electron chi connectivity index (χ2n) is 6.51. The first-order valence-electron chi connectivity index (χ1n) is 9.18. The minimum Gasteiger partial charge on any atom is -0.373 e. The van der Waals surface area contributed by atoms with Crippen LogP contribution in [0.25, 0.3) is 0 Å². The molecule has 0 bridgehead atoms. The van der Waals surface area contributed by atoms with Crippen molar-refractivity contribution < 1.29 is 13.2 Å². The largest absolute Gasteiger partial charge is 0.373 e. The van der Waals surface area contributed by atoms with Gasteiger partial charge in [0.15, 0.2) is 0 Å². The van der Waals surface area contributed by atoms with Gasteiger partial charge in [0.25, 0.3) is 15.9 Å². The Balaban J connectivity index is 1.62. The molecule has 0 unspecified atom stereocenters. The maximum Gasteiger partial charge on any atom is 0.261 e. The molecule has 3 rings (SSSR count). The zero-order chi connectivity index (χ0) is 20.7. The van der Waals surface area contributed by atoms with Crippen LogP contribution in [0.2, 0.25) is 0 Å². The van der Waals surface area contributed by atoms with Crippen molar-refractivity contribution in [3.63, 3.8) is 0 Å². The van der Waals surface area contributed by atoms with E-state index < -0.39 is 10.0 Å². The normalized spacial score (nSPS) is 10.9. The van der Waals surface area contributed by atoms with Gasteiger partial charge in [-0.25, -0.2) is 8.42 Å². The number of benzene rings is 3. The number of nitrogens with one attached hydrogen (secondary N) is 2. The smallest absolute Gasteiger partial charge is 0.261 e. The lowest BCUT2D eigenvalue weighted by Gasteiger charge is -2.19. The topological polar surface area (TPSA) is 78.5 Å². The molecule has 150 valence electrons. The number of carbonyl (C=O) groups excluding carboxylic acids is 1. The molecule has 0 aliphatic carbocycles. The molecule has 0 radical (unpaired) electrons. The third kappa shape index (κ3) is 5.58. The Morgan fingerprint density at radius 3 is 2.24 bits per heavy atom. The molecule has 0 heterocycles. The number of rotatable bonds is 8. The highest BCUT2D eigenvalue weighted by atomic mass is 32.2. The predicted molar refractivity (Wildman–Crippen MR) is 116 cm³/mol. The molecule has 7 heteroatoms. The van der Waals surface area contributed by atoms with Crippen LogP contribution in [0.3, 0.4) is 0 Å². The molecule has 3 aromatic carbocycles. The number of para-hydroxylation sites is 2. The van der Waals surface area contributed by atoms with Crippen LogP contribution in [-0.4, -0.2) is 34.5 Å². The van der Waals surface area contributed by atoms with Gasteiger partial charge < -0.3 is 10.2 Å². The predicted octanol–water partition coefficient (Wildman–Crippen LogP) is 3.35. The van der Waals surface area contributed by atoms with E-state index in [-0.39, 0.29) is 10.8 Å². The van der Waals surface area contributed by atoms with E-state index in [1.165, 1.54) is 12.1 Å². The molecular weight excluding hydrogens is 386 g/mol. The lowest BCUT2D eigenvalue weighted by molar-refractivity contribution is 0.0954. The summed E-state index contributed by atoms with van der Waals surface area (Å²) < 4.78 is 27.7. The lowest BCUT2D eigenvalue weighted by Crippen LogP contribution is -2.33. The third-order valence-corrected chi connectivity index (χ3v) is 5.74. The Labute approximate surface area is 171 Å². The van der Waals surface area contributed by atoms with Gasteiger partial charge in [0.1, 0.15) is 0 Å². The fourth-order valence-corrected chi connectivity index (χ4v) is 3.88. The van der Waals surface area contributed by atoms with Gasteiger partial charge in [-0.15, -0.1) is 0 Å². The summed E-state index contributed by atoms with van der Waals surface area (Å²) in [5.41, 5.74) is 1.82. The van der Waals surface area contributed by atoms with E-state index in [9.17, 15) is 13.2 Å². The Morgan fingerprint density at radius 1 is 0.897 bits per heavy atom. The van der Waals surface area contributed by atoms with Crippen molar-refractivity contribution in [3.8, 4) is 0 Å². The van der Waals surface area contributed by atoms with Crippen molar-refractivity contribution in [2.75, 3.05) is 29.8 Å². The third-order valence-electron chi connectivity index (χ3n) is 4.36. The molecule has 0 fully saturated rings. The first-order valence-corrected chi connectivity index (χ1v) is 10.7. The van der Waals surface area contributed by atoms with Crippen molar-refractivity contribution in [2.45, 2.75) is 4.90 Å². The summed E-state index contributed by atoms with van der Waals surface area (Å²) in [6.07, 6.45) is 0. The highest BCUT2D eigenvalue weighted by molar-refractivity contribution is 7.92. The summed E-state index contributed by atoms with van der Waals surface area (Å²) in [7, 11) is -1.83. The Kier molecular flexibility index (Phi) is 6.51. The van der Waals surface area contributed by atoms with Gasteiger partial charge in [-0.2, -0.15) is 0 Å². The maximum absolute atomic E-state index is 12.6. The number of hydrogen-bond acceptors (Lipinski definition) is 4. The lowest BCUT2D eigenvalue weighted by atomic mass is 10.2. The number of nitrogens with zero attached hydrogens (tertiary/aromatic N) is 1. The SMILES string of the molecule is CN(CCNC(=O)c1cccc(S(=O)(=O)Nc2ccccc2)c1)c1ccccc1. The van der Waals surface area contributed by atoms with Crippen LogP contribution in [0.5, 0.6) is 0 Å². The fourth-order valence-electron chi connectivity index (χ4n) is 2.78. The molecule has 3 aromatic rings. The first kappa shape index (κ1) is 20.4. The molecule has 0 spiro atoms. The van der Waals surface area contributed by atoms with E-state index in [0.29, 0.717) is 24.3 Å². The van der Waals surface area contributed by atoms with Gasteiger partial charge in [0.05, 0.1) is 4.90 Å². The maximum atomic E-state index is 12.6. The van der Waals surface area contributed by atoms with Crippen LogP contribution in [0, 0.1) is 0 Å². The second kappa shape index (κ2) is 9.25. The average molecular weight is 410 g/mol. The highest BCUT2D eigenvalue weighted by Gasteiger charge is 2.16. The summed E-state index contributed by atoms with van der Waals surface area (Å²) in [5, 5.41) is 2.83. The molecular formula is C22H23N3O3S. The van der Waals surface area contributed by atoms with Gasteiger partial charge in [0.2, 0.25) is 0 Å². The van der Waals surface area contributed by atoms with Crippen LogP contribution in [0.15, 0.2) is 89.8 Å². The van der Waals surface area contributed by atoms with Crippen LogP contribution in [0.1, 0.15) is 10.4 Å². The van der Waals surface area contributed by atoms with Crippen molar-refractivity contribution in [2.24, 2.45) is 0 Å². The quantitative estimate of drug-likeness (QED) is 0.598.